The lowest BCUT2D eigenvalue weighted by molar-refractivity contribution is -0.162. The summed E-state index contributed by atoms with van der Waals surface area (Å²) in [6.45, 7) is 5.91. The maximum absolute atomic E-state index is 11.9. The number of hydrogen-bond acceptors (Lipinski definition) is 10. The maximum Gasteiger partial charge on any atom is 0.338 e. The first kappa shape index (κ1) is 33.3. The van der Waals surface area contributed by atoms with Crippen molar-refractivity contribution in [2.75, 3.05) is 61.5 Å². The van der Waals surface area contributed by atoms with E-state index in [4.69, 9.17) is 33.2 Å². The van der Waals surface area contributed by atoms with Crippen molar-refractivity contribution in [2.24, 2.45) is 17.8 Å². The molecule has 1 fully saturated rings. The van der Waals surface area contributed by atoms with Gasteiger partial charge in [0.15, 0.2) is 0 Å². The van der Waals surface area contributed by atoms with Gasteiger partial charge in [-0.05, 0) is 56.4 Å². The van der Waals surface area contributed by atoms with Crippen molar-refractivity contribution in [3.63, 3.8) is 0 Å². The van der Waals surface area contributed by atoms with Crippen molar-refractivity contribution in [1.82, 2.24) is 0 Å². The SMILES string of the molecule is CCOC(=O)c1ccc(OCC(CCOC)OC)cc1.COCCOC(=O)C1CCC(C)CC1C(=O)OC. The molecule has 216 valence electrons. The van der Waals surface area contributed by atoms with Crippen LogP contribution in [0.1, 0.15) is 49.9 Å². The summed E-state index contributed by atoms with van der Waals surface area (Å²) in [7, 11) is 6.21. The fraction of sp³-hybridized carbons (Fsp3) is 0.679. The van der Waals surface area contributed by atoms with E-state index < -0.39 is 0 Å². The van der Waals surface area contributed by atoms with Crippen LogP contribution in [0.3, 0.4) is 0 Å². The topological polar surface area (TPSA) is 116 Å². The van der Waals surface area contributed by atoms with E-state index in [0.717, 1.165) is 12.8 Å². The zero-order chi connectivity index (χ0) is 28.3. The van der Waals surface area contributed by atoms with E-state index in [1.165, 1.54) is 7.11 Å². The fourth-order valence-corrected chi connectivity index (χ4v) is 4.02. The molecule has 1 aliphatic carbocycles. The van der Waals surface area contributed by atoms with Crippen LogP contribution in [0.5, 0.6) is 5.75 Å². The molecule has 0 radical (unpaired) electrons. The van der Waals surface area contributed by atoms with Crippen molar-refractivity contribution < 1.29 is 47.5 Å². The Morgan fingerprint density at radius 1 is 0.868 bits per heavy atom. The van der Waals surface area contributed by atoms with Gasteiger partial charge < -0.3 is 33.2 Å². The van der Waals surface area contributed by atoms with Gasteiger partial charge in [-0.3, -0.25) is 9.59 Å². The predicted octanol–water partition coefficient (Wildman–Crippen LogP) is 3.70. The molecule has 0 amide bonds. The second-order valence-electron chi connectivity index (χ2n) is 9.01. The van der Waals surface area contributed by atoms with Gasteiger partial charge >= 0.3 is 17.9 Å². The summed E-state index contributed by atoms with van der Waals surface area (Å²) in [6, 6.07) is 6.86. The Bertz CT molecular complexity index is 810. The van der Waals surface area contributed by atoms with E-state index in [0.29, 0.717) is 56.5 Å². The summed E-state index contributed by atoms with van der Waals surface area (Å²) >= 11 is 0. The first-order chi connectivity index (χ1) is 18.3. The predicted molar refractivity (Wildman–Crippen MR) is 140 cm³/mol. The van der Waals surface area contributed by atoms with Gasteiger partial charge in [0.05, 0.1) is 43.8 Å². The third-order valence-electron chi connectivity index (χ3n) is 6.23. The number of rotatable bonds is 14. The molecule has 1 saturated carbocycles. The van der Waals surface area contributed by atoms with Crippen LogP contribution in [0.25, 0.3) is 0 Å². The minimum absolute atomic E-state index is 0.0142. The number of carbonyl (C=O) groups is 3. The van der Waals surface area contributed by atoms with Gasteiger partial charge in [-0.25, -0.2) is 4.79 Å². The Kier molecular flexibility index (Phi) is 17.0. The molecular weight excluding hydrogens is 496 g/mol. The van der Waals surface area contributed by atoms with Crippen molar-refractivity contribution in [1.29, 1.82) is 0 Å². The molecular formula is C28H44O10. The minimum Gasteiger partial charge on any atom is -0.491 e. The molecule has 38 heavy (non-hydrogen) atoms. The lowest BCUT2D eigenvalue weighted by Gasteiger charge is -2.31. The molecule has 4 unspecified atom stereocenters. The Hall–Kier alpha value is -2.69. The lowest BCUT2D eigenvalue weighted by atomic mass is 9.74. The zero-order valence-electron chi connectivity index (χ0n) is 23.6. The third kappa shape index (κ3) is 12.2. The minimum atomic E-state index is -0.370. The second kappa shape index (κ2) is 19.4. The second-order valence-corrected chi connectivity index (χ2v) is 9.01. The van der Waals surface area contributed by atoms with E-state index in [2.05, 4.69) is 6.92 Å². The highest BCUT2D eigenvalue weighted by atomic mass is 16.6. The van der Waals surface area contributed by atoms with Gasteiger partial charge in [0.1, 0.15) is 19.0 Å². The van der Waals surface area contributed by atoms with Gasteiger partial charge in [0.25, 0.3) is 0 Å². The highest BCUT2D eigenvalue weighted by Crippen LogP contribution is 2.35. The molecule has 10 nitrogen and oxygen atoms in total. The average Bonchev–Trinajstić information content (AvgIpc) is 2.93. The van der Waals surface area contributed by atoms with E-state index in [-0.39, 0.29) is 42.5 Å². The molecule has 0 heterocycles. The summed E-state index contributed by atoms with van der Waals surface area (Å²) in [5.41, 5.74) is 0.516. The highest BCUT2D eigenvalue weighted by Gasteiger charge is 2.39. The average molecular weight is 541 g/mol. The van der Waals surface area contributed by atoms with Crippen molar-refractivity contribution in [2.45, 2.75) is 45.6 Å². The van der Waals surface area contributed by atoms with Gasteiger partial charge in [0, 0.05) is 34.4 Å². The Morgan fingerprint density at radius 3 is 2.13 bits per heavy atom. The zero-order valence-corrected chi connectivity index (χ0v) is 23.6. The Balaban J connectivity index is 0.000000382. The number of methoxy groups -OCH3 is 4. The van der Waals surface area contributed by atoms with Crippen molar-refractivity contribution in [3.8, 4) is 5.75 Å². The molecule has 0 spiro atoms. The van der Waals surface area contributed by atoms with Crippen LogP contribution in [-0.4, -0.2) is 85.5 Å². The van der Waals surface area contributed by atoms with E-state index in [9.17, 15) is 14.4 Å². The number of carbonyl (C=O) groups excluding carboxylic acids is 3. The molecule has 1 aliphatic rings. The van der Waals surface area contributed by atoms with E-state index in [1.54, 1.807) is 52.5 Å². The van der Waals surface area contributed by atoms with Gasteiger partial charge in [0.2, 0.25) is 0 Å². The number of benzene rings is 1. The van der Waals surface area contributed by atoms with Gasteiger partial charge in [-0.2, -0.15) is 0 Å². The normalized spacial score (nSPS) is 19.4. The summed E-state index contributed by atoms with van der Waals surface area (Å²) < 4.78 is 35.5. The lowest BCUT2D eigenvalue weighted by Crippen LogP contribution is -2.37. The molecule has 10 heteroatoms. The van der Waals surface area contributed by atoms with Crippen LogP contribution >= 0.6 is 0 Å². The Labute approximate surface area is 226 Å². The molecule has 0 aromatic heterocycles. The molecule has 0 saturated heterocycles. The standard InChI is InChI=1S/C15H22O5.C13H22O5/c1-4-19-15(16)12-5-7-13(8-6-12)20-11-14(18-3)9-10-17-2;1-9-4-5-10(11(8-9)12(14)17-3)13(15)18-7-6-16-2/h5-8,14H,4,9-11H2,1-3H3;9-11H,4-8H2,1-3H3. The first-order valence-corrected chi connectivity index (χ1v) is 13.0. The number of hydrogen-bond donors (Lipinski definition) is 0. The van der Waals surface area contributed by atoms with Gasteiger partial charge in [-0.15, -0.1) is 0 Å². The summed E-state index contributed by atoms with van der Waals surface area (Å²) in [5.74, 6) is -0.549. The smallest absolute Gasteiger partial charge is 0.338 e. The highest BCUT2D eigenvalue weighted by molar-refractivity contribution is 5.89. The maximum atomic E-state index is 11.9. The van der Waals surface area contributed by atoms with Crippen LogP contribution in [0.4, 0.5) is 0 Å². The third-order valence-corrected chi connectivity index (χ3v) is 6.23. The van der Waals surface area contributed by atoms with Crippen LogP contribution in [-0.2, 0) is 38.0 Å². The van der Waals surface area contributed by atoms with Crippen LogP contribution in [0.2, 0.25) is 0 Å². The summed E-state index contributed by atoms with van der Waals surface area (Å²) in [4.78, 5) is 35.1. The van der Waals surface area contributed by atoms with Crippen molar-refractivity contribution in [3.05, 3.63) is 29.8 Å². The molecule has 1 aromatic carbocycles. The molecule has 0 N–H and O–H groups in total. The largest absolute Gasteiger partial charge is 0.491 e. The monoisotopic (exact) mass is 540 g/mol. The van der Waals surface area contributed by atoms with Crippen LogP contribution in [0, 0.1) is 17.8 Å². The molecule has 1 aromatic rings. The molecule has 0 aliphatic heterocycles. The summed E-state index contributed by atoms with van der Waals surface area (Å²) in [5, 5.41) is 0. The number of esters is 3. The van der Waals surface area contributed by atoms with Crippen LogP contribution < -0.4 is 4.74 Å². The first-order valence-electron chi connectivity index (χ1n) is 13.0. The van der Waals surface area contributed by atoms with Gasteiger partial charge in [-0.1, -0.05) is 6.92 Å². The Morgan fingerprint density at radius 2 is 1.55 bits per heavy atom. The van der Waals surface area contributed by atoms with E-state index >= 15 is 0 Å². The van der Waals surface area contributed by atoms with Crippen LogP contribution in [0.15, 0.2) is 24.3 Å². The fourth-order valence-electron chi connectivity index (χ4n) is 4.02. The quantitative estimate of drug-likeness (QED) is 0.196. The number of ether oxygens (including phenoxy) is 7. The summed E-state index contributed by atoms with van der Waals surface area (Å²) in [6.07, 6.45) is 3.08. The van der Waals surface area contributed by atoms with Crippen molar-refractivity contribution >= 4 is 17.9 Å². The molecule has 0 bridgehead atoms. The molecule has 4 atom stereocenters. The molecule has 2 rings (SSSR count). The van der Waals surface area contributed by atoms with E-state index in [1.807, 2.05) is 0 Å².